The molecule has 0 bridgehead atoms. The van der Waals surface area contributed by atoms with Gasteiger partial charge in [-0.15, -0.1) is 0 Å². The second kappa shape index (κ2) is 12.6. The van der Waals surface area contributed by atoms with Crippen LogP contribution in [0.25, 0.3) is 0 Å². The van der Waals surface area contributed by atoms with Crippen LogP contribution < -0.4 is 0 Å². The molecule has 0 aromatic rings. The molecule has 0 saturated heterocycles. The molecule has 1 nitrogen and oxygen atoms in total. The molecule has 0 saturated carbocycles. The minimum atomic E-state index is -1.19. The Labute approximate surface area is 95.3 Å². The summed E-state index contributed by atoms with van der Waals surface area (Å²) in [7, 11) is -1.19. The summed E-state index contributed by atoms with van der Waals surface area (Å²) in [4.78, 5) is 0. The Morgan fingerprint density at radius 1 is 1.56 bits per heavy atom. The van der Waals surface area contributed by atoms with Crippen molar-refractivity contribution in [2.24, 2.45) is 0 Å². The Bertz CT molecular complexity index is 70.0. The topological polar surface area (TPSA) is 17.1 Å². The van der Waals surface area contributed by atoms with Gasteiger partial charge in [0.2, 0.25) is 0 Å². The standard InChI is InChI=1S/C5H12OP.V.Y/c1-3-4-5-7(2)6;;/h7H,1,3-5H2,2H3;;/q-1;;. The molecule has 0 heterocycles. The van der Waals surface area contributed by atoms with Gasteiger partial charge in [0.25, 0.3) is 0 Å². The molecular weight excluding hydrogens is 247 g/mol. The Kier molecular flexibility index (Phi) is 23.9. The molecule has 0 aliphatic rings. The summed E-state index contributed by atoms with van der Waals surface area (Å²) in [5.74, 6) is 0. The van der Waals surface area contributed by atoms with Crippen LogP contribution >= 0.6 is 7.80 Å². The molecule has 2 radical (unpaired) electrons. The van der Waals surface area contributed by atoms with Crippen molar-refractivity contribution in [2.45, 2.75) is 12.8 Å². The zero-order valence-corrected chi connectivity index (χ0v) is 11.0. The maximum absolute atomic E-state index is 10.4. The smallest absolute Gasteiger partial charge is 0.0732 e. The Morgan fingerprint density at radius 3 is 2.11 bits per heavy atom. The molecule has 1 unspecified atom stereocenters. The summed E-state index contributed by atoms with van der Waals surface area (Å²) < 4.78 is 10.4. The molecule has 0 aliphatic carbocycles. The van der Waals surface area contributed by atoms with Crippen molar-refractivity contribution in [1.82, 2.24) is 0 Å². The summed E-state index contributed by atoms with van der Waals surface area (Å²) in [6.45, 7) is 5.43. The molecule has 1 atom stereocenters. The van der Waals surface area contributed by atoms with Crippen LogP contribution in [0.5, 0.6) is 0 Å². The Hall–Kier alpha value is 1.92. The van der Waals surface area contributed by atoms with Gasteiger partial charge in [0.05, 0.1) is 7.80 Å². The molecule has 0 aromatic carbocycles. The molecule has 0 spiro atoms. The van der Waals surface area contributed by atoms with Crippen LogP contribution in [-0.4, -0.2) is 12.8 Å². The summed E-state index contributed by atoms with van der Waals surface area (Å²) in [6.07, 6.45) is 2.83. The van der Waals surface area contributed by atoms with Gasteiger partial charge in [-0.2, -0.15) is 6.42 Å². The third kappa shape index (κ3) is 17.8. The monoisotopic (exact) mass is 259 g/mol. The van der Waals surface area contributed by atoms with Crippen molar-refractivity contribution in [2.75, 3.05) is 12.8 Å². The number of rotatable bonds is 3. The van der Waals surface area contributed by atoms with Gasteiger partial charge in [0.15, 0.2) is 0 Å². The number of hydrogen-bond donors (Lipinski definition) is 0. The SMILES string of the molecule is [CH2-]CCC[PH](C)=O.[V].[Y]. The fourth-order valence-electron chi connectivity index (χ4n) is 0.374. The van der Waals surface area contributed by atoms with Gasteiger partial charge in [0.1, 0.15) is 0 Å². The summed E-state index contributed by atoms with van der Waals surface area (Å²) in [6, 6.07) is 0. The second-order valence-corrected chi connectivity index (χ2v) is 3.56. The molecule has 0 rings (SSSR count). The first-order valence-electron chi connectivity index (χ1n) is 2.56. The van der Waals surface area contributed by atoms with Crippen LogP contribution in [0.15, 0.2) is 0 Å². The van der Waals surface area contributed by atoms with E-state index in [-0.39, 0.29) is 51.3 Å². The van der Waals surface area contributed by atoms with E-state index >= 15 is 0 Å². The van der Waals surface area contributed by atoms with Crippen LogP contribution in [0.2, 0.25) is 0 Å². The maximum Gasteiger partial charge on any atom is 0.0732 e. The van der Waals surface area contributed by atoms with Crippen molar-refractivity contribution in [3.05, 3.63) is 6.92 Å². The van der Waals surface area contributed by atoms with E-state index in [1.807, 2.05) is 0 Å². The minimum Gasteiger partial charge on any atom is -0.343 e. The van der Waals surface area contributed by atoms with Crippen molar-refractivity contribution in [3.8, 4) is 0 Å². The van der Waals surface area contributed by atoms with Crippen molar-refractivity contribution < 1.29 is 55.8 Å². The van der Waals surface area contributed by atoms with E-state index < -0.39 is 7.80 Å². The van der Waals surface area contributed by atoms with Gasteiger partial charge in [-0.1, -0.05) is 6.42 Å². The molecule has 9 heavy (non-hydrogen) atoms. The first-order valence-corrected chi connectivity index (χ1v) is 4.67. The molecule has 0 aliphatic heterocycles. The van der Waals surface area contributed by atoms with E-state index in [0.29, 0.717) is 0 Å². The van der Waals surface area contributed by atoms with Crippen molar-refractivity contribution >= 4 is 7.80 Å². The molecule has 0 N–H and O–H groups in total. The normalized spacial score (nSPS) is 10.9. The summed E-state index contributed by atoms with van der Waals surface area (Å²) in [5, 5.41) is 0. The quantitative estimate of drug-likeness (QED) is 0.557. The molecule has 0 aromatic heterocycles. The van der Waals surface area contributed by atoms with Crippen LogP contribution in [0.1, 0.15) is 12.8 Å². The third-order valence-corrected chi connectivity index (χ3v) is 1.84. The van der Waals surface area contributed by atoms with Gasteiger partial charge < -0.3 is 11.5 Å². The Morgan fingerprint density at radius 2 is 2.00 bits per heavy atom. The zero-order valence-electron chi connectivity index (χ0n) is 5.76. The van der Waals surface area contributed by atoms with E-state index in [4.69, 9.17) is 0 Å². The fourth-order valence-corrected chi connectivity index (χ4v) is 1.12. The summed E-state index contributed by atoms with van der Waals surface area (Å²) >= 11 is 0. The van der Waals surface area contributed by atoms with Gasteiger partial charge >= 0.3 is 0 Å². The predicted molar refractivity (Wildman–Crippen MR) is 34.4 cm³/mol. The van der Waals surface area contributed by atoms with Crippen LogP contribution in [-0.2, 0) is 55.8 Å². The minimum absolute atomic E-state index is 0. The van der Waals surface area contributed by atoms with Crippen molar-refractivity contribution in [3.63, 3.8) is 0 Å². The van der Waals surface area contributed by atoms with Gasteiger partial charge in [-0.25, -0.2) is 0 Å². The Balaban J connectivity index is -0.000000180. The maximum atomic E-state index is 10.4. The average molecular weight is 259 g/mol. The second-order valence-electron chi connectivity index (χ2n) is 1.66. The molecule has 0 fully saturated rings. The van der Waals surface area contributed by atoms with Crippen LogP contribution in [0.3, 0.4) is 0 Å². The molecule has 4 heteroatoms. The van der Waals surface area contributed by atoms with Gasteiger partial charge in [-0.3, -0.25) is 0 Å². The fraction of sp³-hybridized carbons (Fsp3) is 0.800. The predicted octanol–water partition coefficient (Wildman–Crippen LogP) is 1.79. The van der Waals surface area contributed by atoms with Crippen LogP contribution in [0.4, 0.5) is 0 Å². The molecular formula is C5H12OPVY-. The largest absolute Gasteiger partial charge is 0.343 e. The van der Waals surface area contributed by atoms with Gasteiger partial charge in [-0.05, 0) is 12.8 Å². The zero-order chi connectivity index (χ0) is 5.70. The van der Waals surface area contributed by atoms with E-state index in [0.717, 1.165) is 19.0 Å². The third-order valence-electron chi connectivity index (χ3n) is 0.779. The number of hydrogen-bond acceptors (Lipinski definition) is 1. The van der Waals surface area contributed by atoms with E-state index in [1.54, 1.807) is 6.66 Å². The van der Waals surface area contributed by atoms with E-state index in [9.17, 15) is 4.57 Å². The van der Waals surface area contributed by atoms with Gasteiger partial charge in [0, 0.05) is 51.3 Å². The summed E-state index contributed by atoms with van der Waals surface area (Å²) in [5.41, 5.74) is 0. The van der Waals surface area contributed by atoms with E-state index in [2.05, 4.69) is 6.92 Å². The number of unbranched alkanes of at least 4 members (excludes halogenated alkanes) is 1. The molecule has 52 valence electrons. The molecule has 0 amide bonds. The van der Waals surface area contributed by atoms with Crippen molar-refractivity contribution in [1.29, 1.82) is 0 Å². The van der Waals surface area contributed by atoms with Crippen LogP contribution in [0, 0.1) is 6.92 Å². The first kappa shape index (κ1) is 17.1. The average Bonchev–Trinajstić information content (AvgIpc) is 1.61. The van der Waals surface area contributed by atoms with E-state index in [1.165, 1.54) is 0 Å². The first-order chi connectivity index (χ1) is 3.27.